The molecule has 2 heterocycles. The van der Waals surface area contributed by atoms with E-state index in [1.807, 2.05) is 19.2 Å². The van der Waals surface area contributed by atoms with E-state index in [-0.39, 0.29) is 17.4 Å². The lowest BCUT2D eigenvalue weighted by Crippen LogP contribution is -2.34. The molecule has 0 unspecified atom stereocenters. The lowest BCUT2D eigenvalue weighted by molar-refractivity contribution is -0.0161. The molecule has 0 bridgehead atoms. The third-order valence-electron chi connectivity index (χ3n) is 6.63. The predicted octanol–water partition coefficient (Wildman–Crippen LogP) is 4.80. The fourth-order valence-electron chi connectivity index (χ4n) is 4.51. The predicted molar refractivity (Wildman–Crippen MR) is 134 cm³/mol. The van der Waals surface area contributed by atoms with Gasteiger partial charge in [0.05, 0.1) is 22.6 Å². The number of thiophene rings is 1. The summed E-state index contributed by atoms with van der Waals surface area (Å²) in [6, 6.07) is 4.18. The Labute approximate surface area is 211 Å². The van der Waals surface area contributed by atoms with Crippen LogP contribution in [0.15, 0.2) is 28.4 Å². The number of aromatic nitrogens is 2. The number of amides is 1. The van der Waals surface area contributed by atoms with Crippen LogP contribution in [0, 0.1) is 17.7 Å². The van der Waals surface area contributed by atoms with E-state index in [4.69, 9.17) is 16.3 Å². The molecule has 7 nitrogen and oxygen atoms in total. The molecule has 4 rings (SSSR count). The minimum Gasteiger partial charge on any atom is -0.390 e. The molecule has 0 aliphatic heterocycles. The van der Waals surface area contributed by atoms with Gasteiger partial charge in [-0.25, -0.2) is 9.37 Å². The van der Waals surface area contributed by atoms with Crippen LogP contribution in [-0.4, -0.2) is 33.2 Å². The van der Waals surface area contributed by atoms with Crippen LogP contribution in [0.3, 0.4) is 0 Å². The summed E-state index contributed by atoms with van der Waals surface area (Å²) in [6.07, 6.45) is 4.01. The second kappa shape index (κ2) is 10.7. The van der Waals surface area contributed by atoms with E-state index in [2.05, 4.69) is 15.3 Å². The van der Waals surface area contributed by atoms with Gasteiger partial charge >= 0.3 is 0 Å². The molecule has 0 atom stereocenters. The Morgan fingerprint density at radius 1 is 1.34 bits per heavy atom. The van der Waals surface area contributed by atoms with Crippen molar-refractivity contribution in [3.63, 3.8) is 0 Å². The molecule has 0 radical (unpaired) electrons. The fourth-order valence-corrected chi connectivity index (χ4v) is 5.64. The Kier molecular flexibility index (Phi) is 7.90. The molecule has 1 saturated carbocycles. The first-order valence-electron chi connectivity index (χ1n) is 11.6. The van der Waals surface area contributed by atoms with Gasteiger partial charge in [-0.3, -0.25) is 9.59 Å². The SMILES string of the molecule is CC(C)(O)C1CCC(COCc2csc3nc(C(=O)NCc4ccc(F)c(Cl)c4)[nH]c(=O)c23)CC1. The average Bonchev–Trinajstić information content (AvgIpc) is 3.23. The third kappa shape index (κ3) is 6.27. The molecule has 1 aromatic carbocycles. The first kappa shape index (κ1) is 25.8. The highest BCUT2D eigenvalue weighted by Gasteiger charge is 2.31. The molecule has 3 N–H and O–H groups in total. The number of nitrogens with zero attached hydrogens (tertiary/aromatic N) is 1. The number of rotatable bonds is 8. The number of nitrogens with one attached hydrogen (secondary N) is 2. The molecule has 1 amide bonds. The van der Waals surface area contributed by atoms with Gasteiger partial charge in [0.25, 0.3) is 11.5 Å². The number of hydrogen-bond donors (Lipinski definition) is 3. The van der Waals surface area contributed by atoms with Crippen LogP contribution in [0.25, 0.3) is 10.2 Å². The lowest BCUT2D eigenvalue weighted by Gasteiger charge is -2.35. The van der Waals surface area contributed by atoms with E-state index >= 15 is 0 Å². The van der Waals surface area contributed by atoms with Crippen molar-refractivity contribution in [3.8, 4) is 0 Å². The molecule has 1 aliphatic rings. The zero-order valence-electron chi connectivity index (χ0n) is 19.7. The molecule has 35 heavy (non-hydrogen) atoms. The van der Waals surface area contributed by atoms with Crippen molar-refractivity contribution < 1.29 is 19.0 Å². The molecular formula is C25H29ClFN3O4S. The number of benzene rings is 1. The standard InChI is InChI=1S/C25H29ClFN3O4S/c1-25(2,33)17-6-3-14(4-7-17)11-34-12-16-13-35-24-20(16)22(31)29-21(30-24)23(32)28-10-15-5-8-19(27)18(26)9-15/h5,8-9,13-14,17,33H,3-4,6-7,10-12H2,1-2H3,(H,28,32)(H,29,30,31). The van der Waals surface area contributed by atoms with Gasteiger partial charge in [0.15, 0.2) is 0 Å². The highest BCUT2D eigenvalue weighted by molar-refractivity contribution is 7.16. The Balaban J connectivity index is 1.34. The third-order valence-corrected chi connectivity index (χ3v) is 7.84. The van der Waals surface area contributed by atoms with Crippen molar-refractivity contribution in [3.05, 3.63) is 61.7 Å². The number of carbonyl (C=O) groups is 1. The maximum Gasteiger partial charge on any atom is 0.287 e. The second-order valence-electron chi connectivity index (χ2n) is 9.67. The minimum atomic E-state index is -0.639. The van der Waals surface area contributed by atoms with Gasteiger partial charge < -0.3 is 20.1 Å². The number of aromatic amines is 1. The van der Waals surface area contributed by atoms with Crippen LogP contribution in [-0.2, 0) is 17.9 Å². The van der Waals surface area contributed by atoms with Crippen molar-refractivity contribution in [2.75, 3.05) is 6.61 Å². The van der Waals surface area contributed by atoms with Crippen molar-refractivity contribution in [1.82, 2.24) is 15.3 Å². The van der Waals surface area contributed by atoms with Gasteiger partial charge in [0, 0.05) is 18.7 Å². The van der Waals surface area contributed by atoms with Crippen molar-refractivity contribution in [2.45, 2.75) is 58.3 Å². The Morgan fingerprint density at radius 2 is 2.09 bits per heavy atom. The first-order valence-corrected chi connectivity index (χ1v) is 12.9. The zero-order valence-corrected chi connectivity index (χ0v) is 21.3. The summed E-state index contributed by atoms with van der Waals surface area (Å²) in [4.78, 5) is 32.6. The maximum atomic E-state index is 13.3. The molecule has 0 saturated heterocycles. The highest BCUT2D eigenvalue weighted by Crippen LogP contribution is 2.35. The monoisotopic (exact) mass is 521 g/mol. The molecule has 188 valence electrons. The Morgan fingerprint density at radius 3 is 2.77 bits per heavy atom. The average molecular weight is 522 g/mol. The van der Waals surface area contributed by atoms with Crippen LogP contribution >= 0.6 is 22.9 Å². The van der Waals surface area contributed by atoms with Gasteiger partial charge in [-0.2, -0.15) is 0 Å². The molecule has 3 aromatic rings. The summed E-state index contributed by atoms with van der Waals surface area (Å²) in [5.41, 5.74) is 0.338. The lowest BCUT2D eigenvalue weighted by atomic mass is 9.75. The van der Waals surface area contributed by atoms with E-state index in [1.54, 1.807) is 0 Å². The number of ether oxygens (including phenoxy) is 1. The van der Waals surface area contributed by atoms with Crippen LogP contribution in [0.5, 0.6) is 0 Å². The summed E-state index contributed by atoms with van der Waals surface area (Å²) in [7, 11) is 0. The minimum absolute atomic E-state index is 0.0279. The van der Waals surface area contributed by atoms with Crippen molar-refractivity contribution >= 4 is 39.1 Å². The topological polar surface area (TPSA) is 104 Å². The number of halogens is 2. The number of hydrogen-bond acceptors (Lipinski definition) is 6. The fraction of sp³-hybridized carbons (Fsp3) is 0.480. The molecule has 1 fully saturated rings. The summed E-state index contributed by atoms with van der Waals surface area (Å²) in [6.45, 7) is 4.76. The summed E-state index contributed by atoms with van der Waals surface area (Å²) in [5, 5.41) is 15.1. The van der Waals surface area contributed by atoms with E-state index in [9.17, 15) is 19.1 Å². The number of H-pyrrole nitrogens is 1. The number of carbonyl (C=O) groups excluding carboxylic acids is 1. The van der Waals surface area contributed by atoms with Crippen molar-refractivity contribution in [1.29, 1.82) is 0 Å². The van der Waals surface area contributed by atoms with E-state index in [0.29, 0.717) is 40.8 Å². The molecule has 1 aliphatic carbocycles. The van der Waals surface area contributed by atoms with Crippen LogP contribution in [0.4, 0.5) is 4.39 Å². The molecule has 0 spiro atoms. The van der Waals surface area contributed by atoms with Gasteiger partial charge in [-0.1, -0.05) is 17.7 Å². The largest absolute Gasteiger partial charge is 0.390 e. The van der Waals surface area contributed by atoms with Crippen molar-refractivity contribution in [2.24, 2.45) is 11.8 Å². The van der Waals surface area contributed by atoms with E-state index < -0.39 is 22.9 Å². The molecule has 2 aromatic heterocycles. The normalized spacial score (nSPS) is 18.7. The number of aliphatic hydroxyl groups is 1. The maximum absolute atomic E-state index is 13.3. The molecular weight excluding hydrogens is 493 g/mol. The highest BCUT2D eigenvalue weighted by atomic mass is 35.5. The van der Waals surface area contributed by atoms with Gasteiger partial charge in [-0.05, 0) is 74.4 Å². The van der Waals surface area contributed by atoms with E-state index in [1.165, 1.54) is 29.5 Å². The smallest absolute Gasteiger partial charge is 0.287 e. The quantitative estimate of drug-likeness (QED) is 0.395. The number of fused-ring (bicyclic) bond motifs is 1. The van der Waals surface area contributed by atoms with Crippen LogP contribution in [0.1, 0.15) is 61.3 Å². The second-order valence-corrected chi connectivity index (χ2v) is 10.9. The molecule has 10 heteroatoms. The Hall–Kier alpha value is -2.33. The van der Waals surface area contributed by atoms with Gasteiger partial charge in [0.1, 0.15) is 10.6 Å². The summed E-state index contributed by atoms with van der Waals surface area (Å²) in [5.74, 6) is -0.398. The van der Waals surface area contributed by atoms with Gasteiger partial charge in [0.2, 0.25) is 5.82 Å². The summed E-state index contributed by atoms with van der Waals surface area (Å²) >= 11 is 7.06. The van der Waals surface area contributed by atoms with Crippen LogP contribution < -0.4 is 10.9 Å². The zero-order chi connectivity index (χ0) is 25.2. The van der Waals surface area contributed by atoms with Gasteiger partial charge in [-0.15, -0.1) is 11.3 Å². The summed E-state index contributed by atoms with van der Waals surface area (Å²) < 4.78 is 19.2. The Bertz CT molecular complexity index is 1260. The first-order chi connectivity index (χ1) is 16.6. The van der Waals surface area contributed by atoms with Crippen LogP contribution in [0.2, 0.25) is 5.02 Å². The van der Waals surface area contributed by atoms with E-state index in [0.717, 1.165) is 31.2 Å².